The topological polar surface area (TPSA) is 64.0 Å². The van der Waals surface area contributed by atoms with Crippen molar-refractivity contribution in [3.05, 3.63) is 57.1 Å². The highest BCUT2D eigenvalue weighted by atomic mass is 35.5. The Bertz CT molecular complexity index is 803. The molecule has 0 spiro atoms. The lowest BCUT2D eigenvalue weighted by atomic mass is 10.3. The molecule has 1 N–H and O–H groups in total. The minimum atomic E-state index is -4.58. The van der Waals surface area contributed by atoms with Gasteiger partial charge in [0, 0.05) is 18.0 Å². The van der Waals surface area contributed by atoms with Gasteiger partial charge in [-0.1, -0.05) is 17.7 Å². The molecule has 0 atom stereocenters. The molecule has 2 aromatic rings. The van der Waals surface area contributed by atoms with Crippen LogP contribution in [-0.4, -0.2) is 15.5 Å². The summed E-state index contributed by atoms with van der Waals surface area (Å²) < 4.78 is 38.7. The van der Waals surface area contributed by atoms with Crippen LogP contribution < -0.4 is 10.9 Å². The van der Waals surface area contributed by atoms with Crippen molar-refractivity contribution < 1.29 is 18.0 Å². The lowest BCUT2D eigenvalue weighted by molar-refractivity contribution is -0.137. The Morgan fingerprint density at radius 1 is 1.43 bits per heavy atom. The van der Waals surface area contributed by atoms with Gasteiger partial charge in [-0.15, -0.1) is 0 Å². The Balaban J connectivity index is 2.15. The molecule has 0 aliphatic carbocycles. The number of anilines is 1. The number of rotatable bonds is 3. The van der Waals surface area contributed by atoms with Crippen molar-refractivity contribution in [3.8, 4) is 0 Å². The average Bonchev–Trinajstić information content (AvgIpc) is 2.45. The van der Waals surface area contributed by atoms with Crippen LogP contribution in [0.2, 0.25) is 5.02 Å². The molecule has 0 aliphatic rings. The Hall–Kier alpha value is -2.35. The predicted octanol–water partition coefficient (Wildman–Crippen LogP) is 2.86. The maximum Gasteiger partial charge on any atom is 0.417 e. The molecule has 23 heavy (non-hydrogen) atoms. The zero-order valence-corrected chi connectivity index (χ0v) is 12.6. The van der Waals surface area contributed by atoms with E-state index in [4.69, 9.17) is 11.6 Å². The minimum Gasteiger partial charge on any atom is -0.308 e. The third-order valence-electron chi connectivity index (χ3n) is 2.95. The first-order chi connectivity index (χ1) is 10.7. The summed E-state index contributed by atoms with van der Waals surface area (Å²) in [6.45, 7) is 1.30. The van der Waals surface area contributed by atoms with Gasteiger partial charge in [-0.05, 0) is 19.1 Å². The molecule has 0 unspecified atom stereocenters. The number of aryl methyl sites for hydroxylation is 1. The van der Waals surface area contributed by atoms with E-state index in [-0.39, 0.29) is 22.9 Å². The van der Waals surface area contributed by atoms with Gasteiger partial charge in [-0.25, -0.2) is 4.98 Å². The SMILES string of the molecule is Cc1cccn(CC(=O)Nc2ncc(C(F)(F)F)cc2Cl)c1=O. The lowest BCUT2D eigenvalue weighted by Crippen LogP contribution is -2.28. The maximum atomic E-state index is 12.5. The fourth-order valence-electron chi connectivity index (χ4n) is 1.79. The average molecular weight is 346 g/mol. The molecule has 2 rings (SSSR count). The fraction of sp³-hybridized carbons (Fsp3) is 0.214. The standard InChI is InChI=1S/C14H11ClF3N3O2/c1-8-3-2-4-21(13(8)23)7-11(22)20-12-10(15)5-9(6-19-12)14(16,17)18/h2-6H,7H2,1H3,(H,19,20,22). The number of nitrogens with zero attached hydrogens (tertiary/aromatic N) is 2. The number of pyridine rings is 2. The molecule has 5 nitrogen and oxygen atoms in total. The van der Waals surface area contributed by atoms with E-state index in [9.17, 15) is 22.8 Å². The maximum absolute atomic E-state index is 12.5. The summed E-state index contributed by atoms with van der Waals surface area (Å²) in [6.07, 6.45) is -2.58. The quantitative estimate of drug-likeness (QED) is 0.930. The van der Waals surface area contributed by atoms with E-state index in [0.717, 1.165) is 0 Å². The highest BCUT2D eigenvalue weighted by Crippen LogP contribution is 2.32. The molecule has 2 heterocycles. The highest BCUT2D eigenvalue weighted by Gasteiger charge is 2.31. The molecule has 0 saturated heterocycles. The molecule has 0 bridgehead atoms. The zero-order valence-electron chi connectivity index (χ0n) is 11.8. The van der Waals surface area contributed by atoms with Gasteiger partial charge >= 0.3 is 6.18 Å². The summed E-state index contributed by atoms with van der Waals surface area (Å²) in [5.41, 5.74) is -0.893. The number of carbonyl (C=O) groups is 1. The molecular weight excluding hydrogens is 335 g/mol. The van der Waals surface area contributed by atoms with Gasteiger partial charge in [0.05, 0.1) is 10.6 Å². The number of alkyl halides is 3. The van der Waals surface area contributed by atoms with E-state index in [1.54, 1.807) is 19.1 Å². The first-order valence-electron chi connectivity index (χ1n) is 6.37. The normalized spacial score (nSPS) is 11.3. The van der Waals surface area contributed by atoms with E-state index >= 15 is 0 Å². The molecular formula is C14H11ClF3N3O2. The van der Waals surface area contributed by atoms with Crippen LogP contribution in [0.3, 0.4) is 0 Å². The van der Waals surface area contributed by atoms with Gasteiger partial charge < -0.3 is 9.88 Å². The van der Waals surface area contributed by atoms with Crippen LogP contribution in [0.25, 0.3) is 0 Å². The van der Waals surface area contributed by atoms with Gasteiger partial charge in [-0.2, -0.15) is 13.2 Å². The van der Waals surface area contributed by atoms with Crippen LogP contribution in [0.1, 0.15) is 11.1 Å². The highest BCUT2D eigenvalue weighted by molar-refractivity contribution is 6.33. The van der Waals surface area contributed by atoms with E-state index in [2.05, 4.69) is 10.3 Å². The van der Waals surface area contributed by atoms with Crippen LogP contribution in [0, 0.1) is 6.92 Å². The van der Waals surface area contributed by atoms with Crippen LogP contribution in [0.5, 0.6) is 0 Å². The molecule has 2 aromatic heterocycles. The smallest absolute Gasteiger partial charge is 0.308 e. The van der Waals surface area contributed by atoms with Crippen molar-refractivity contribution in [3.63, 3.8) is 0 Å². The number of hydrogen-bond acceptors (Lipinski definition) is 3. The molecule has 0 radical (unpaired) electrons. The Labute approximate surface area is 133 Å². The monoisotopic (exact) mass is 345 g/mol. The summed E-state index contributed by atoms with van der Waals surface area (Å²) in [7, 11) is 0. The van der Waals surface area contributed by atoms with Crippen molar-refractivity contribution in [1.82, 2.24) is 9.55 Å². The molecule has 0 aromatic carbocycles. The minimum absolute atomic E-state index is 0.203. The summed E-state index contributed by atoms with van der Waals surface area (Å²) in [5.74, 6) is -0.836. The van der Waals surface area contributed by atoms with E-state index in [1.165, 1.54) is 10.8 Å². The number of hydrogen-bond donors (Lipinski definition) is 1. The molecule has 0 fully saturated rings. The fourth-order valence-corrected chi connectivity index (χ4v) is 2.01. The Morgan fingerprint density at radius 3 is 2.74 bits per heavy atom. The molecule has 0 saturated carbocycles. The van der Waals surface area contributed by atoms with Gasteiger partial charge in [0.1, 0.15) is 6.54 Å². The number of amides is 1. The van der Waals surface area contributed by atoms with Crippen molar-refractivity contribution in [2.75, 3.05) is 5.32 Å². The second kappa shape index (κ2) is 6.41. The van der Waals surface area contributed by atoms with Crippen molar-refractivity contribution >= 4 is 23.3 Å². The van der Waals surface area contributed by atoms with Crippen LogP contribution in [0.4, 0.5) is 19.0 Å². The van der Waals surface area contributed by atoms with E-state index < -0.39 is 17.6 Å². The first kappa shape index (κ1) is 17.0. The van der Waals surface area contributed by atoms with Gasteiger partial charge in [0.25, 0.3) is 5.56 Å². The second-order valence-electron chi connectivity index (χ2n) is 4.72. The second-order valence-corrected chi connectivity index (χ2v) is 5.13. The summed E-state index contributed by atoms with van der Waals surface area (Å²) in [5, 5.41) is 1.93. The Morgan fingerprint density at radius 2 is 2.13 bits per heavy atom. The van der Waals surface area contributed by atoms with Crippen LogP contribution in [0.15, 0.2) is 35.4 Å². The summed E-state index contributed by atoms with van der Waals surface area (Å²) in [6, 6.07) is 3.88. The van der Waals surface area contributed by atoms with E-state index in [0.29, 0.717) is 17.8 Å². The third-order valence-corrected chi connectivity index (χ3v) is 3.24. The van der Waals surface area contributed by atoms with E-state index in [1.807, 2.05) is 0 Å². The number of aromatic nitrogens is 2. The van der Waals surface area contributed by atoms with Gasteiger partial charge in [0.2, 0.25) is 5.91 Å². The molecule has 0 aliphatic heterocycles. The lowest BCUT2D eigenvalue weighted by Gasteiger charge is -2.11. The first-order valence-corrected chi connectivity index (χ1v) is 6.75. The van der Waals surface area contributed by atoms with Crippen LogP contribution in [-0.2, 0) is 17.5 Å². The van der Waals surface area contributed by atoms with Crippen molar-refractivity contribution in [2.24, 2.45) is 0 Å². The van der Waals surface area contributed by atoms with Gasteiger partial charge in [-0.3, -0.25) is 9.59 Å². The zero-order chi connectivity index (χ0) is 17.2. The van der Waals surface area contributed by atoms with Crippen LogP contribution >= 0.6 is 11.6 Å². The van der Waals surface area contributed by atoms with Crippen molar-refractivity contribution in [1.29, 1.82) is 0 Å². The summed E-state index contributed by atoms with van der Waals surface area (Å²) >= 11 is 5.69. The molecule has 122 valence electrons. The van der Waals surface area contributed by atoms with Gasteiger partial charge in [0.15, 0.2) is 5.82 Å². The largest absolute Gasteiger partial charge is 0.417 e. The molecule has 1 amide bonds. The predicted molar refractivity (Wildman–Crippen MR) is 78.3 cm³/mol. The molecule has 9 heteroatoms. The number of halogens is 4. The number of carbonyl (C=O) groups excluding carboxylic acids is 1. The van der Waals surface area contributed by atoms with Crippen molar-refractivity contribution in [2.45, 2.75) is 19.6 Å². The summed E-state index contributed by atoms with van der Waals surface area (Å²) in [4.78, 5) is 27.2. The third kappa shape index (κ3) is 4.10. The number of nitrogens with one attached hydrogen (secondary N) is 1. The Kier molecular flexibility index (Phi) is 4.74.